The second kappa shape index (κ2) is 57.8. The summed E-state index contributed by atoms with van der Waals surface area (Å²) in [7, 11) is 0. The van der Waals surface area contributed by atoms with Crippen molar-refractivity contribution >= 4 is 0 Å². The molecule has 4 heavy (non-hydrogen) atoms. The van der Waals surface area contributed by atoms with Crippen LogP contribution in [0.2, 0.25) is 0 Å². The third kappa shape index (κ3) is 16.5. The van der Waals surface area contributed by atoms with E-state index in [0.717, 1.165) is 20.8 Å². The summed E-state index contributed by atoms with van der Waals surface area (Å²) in [6.45, 7) is 4.00. The summed E-state index contributed by atoms with van der Waals surface area (Å²) >= 11 is 1.00. The van der Waals surface area contributed by atoms with E-state index in [0.29, 0.717) is 0 Å². The summed E-state index contributed by atoms with van der Waals surface area (Å²) in [6, 6.07) is 0. The molecule has 0 saturated carbocycles. The van der Waals surface area contributed by atoms with Crippen molar-refractivity contribution in [2.75, 3.05) is 0 Å². The van der Waals surface area contributed by atoms with Gasteiger partial charge in [-0.05, 0) is 0 Å². The second-order valence-electron chi connectivity index (χ2n) is 0. The van der Waals surface area contributed by atoms with Gasteiger partial charge in [0.15, 0.2) is 0 Å². The molecule has 0 aliphatic rings. The molecule has 0 heterocycles. The van der Waals surface area contributed by atoms with Gasteiger partial charge in [0.05, 0.1) is 0 Å². The molecule has 0 amide bonds. The molecule has 0 aliphatic heterocycles. The number of rotatable bonds is 0. The molecule has 0 aromatic rings. The predicted molar refractivity (Wildman–Crippen MR) is 13.6 cm³/mol. The van der Waals surface area contributed by atoms with Crippen LogP contribution in [-0.2, 0) is 20.8 Å². The summed E-state index contributed by atoms with van der Waals surface area (Å²) in [5.74, 6) is 0. The normalized spacial score (nSPS) is 2.50. The van der Waals surface area contributed by atoms with Crippen molar-refractivity contribution in [1.82, 2.24) is 0 Å². The fraction of sp³-hybridized carbons (Fsp3) is 1.00. The number of hydrogen-bond donors (Lipinski definition) is 1. The van der Waals surface area contributed by atoms with E-state index in [1.807, 2.05) is 13.8 Å². The first kappa shape index (κ1) is 8.82. The Kier molecular flexibility index (Phi) is 127. The van der Waals surface area contributed by atoms with Crippen LogP contribution in [0.3, 0.4) is 0 Å². The summed E-state index contributed by atoms with van der Waals surface area (Å²) in [5.41, 5.74) is 0. The van der Waals surface area contributed by atoms with Crippen LogP contribution in [0.25, 0.3) is 0 Å². The fourth-order valence-corrected chi connectivity index (χ4v) is 0. The molecule has 0 rings (SSSR count). The molecular weight excluding hydrogens is 87.9 g/mol. The van der Waals surface area contributed by atoms with E-state index in [-0.39, 0.29) is 0 Å². The average Bonchev–Trinajstić information content (AvgIpc) is 1.50. The van der Waals surface area contributed by atoms with Gasteiger partial charge < -0.3 is 0 Å². The third-order valence-electron chi connectivity index (χ3n) is 0. The second-order valence-corrected chi connectivity index (χ2v) is 0. The van der Waals surface area contributed by atoms with Crippen molar-refractivity contribution in [3.05, 3.63) is 0 Å². The first-order chi connectivity index (χ1) is 2.00. The Hall–Kier alpha value is 0.674. The topological polar surface area (TPSA) is 20.2 Å². The number of hydrogen-bond acceptors (Lipinski definition) is 1. The maximum absolute atomic E-state index is 7.00. The van der Waals surface area contributed by atoms with Gasteiger partial charge in [0, 0.05) is 0 Å². The van der Waals surface area contributed by atoms with Gasteiger partial charge in [0.2, 0.25) is 0 Å². The van der Waals surface area contributed by atoms with Crippen molar-refractivity contribution in [2.24, 2.45) is 0 Å². The van der Waals surface area contributed by atoms with Crippen LogP contribution in [0.5, 0.6) is 0 Å². The van der Waals surface area contributed by atoms with Gasteiger partial charge in [-0.1, -0.05) is 13.8 Å². The molecular formula is C2H7OTi. The van der Waals surface area contributed by atoms with Gasteiger partial charge in [-0.3, -0.25) is 0 Å². The molecule has 0 fully saturated rings. The molecule has 0 atom stereocenters. The minimum atomic E-state index is 1.00. The zero-order valence-electron chi connectivity index (χ0n) is 2.95. The van der Waals surface area contributed by atoms with Crippen LogP contribution in [0.15, 0.2) is 0 Å². The molecule has 0 saturated heterocycles. The Morgan fingerprint density at radius 1 is 1.25 bits per heavy atom. The summed E-state index contributed by atoms with van der Waals surface area (Å²) in [4.78, 5) is 0. The van der Waals surface area contributed by atoms with Crippen LogP contribution >= 0.6 is 0 Å². The van der Waals surface area contributed by atoms with E-state index < -0.39 is 0 Å². The predicted octanol–water partition coefficient (Wildman–Crippen LogP) is 0.467. The fourth-order valence-electron chi connectivity index (χ4n) is 0. The van der Waals surface area contributed by atoms with Crippen LogP contribution in [0, 0.1) is 0 Å². The van der Waals surface area contributed by atoms with Crippen LogP contribution in [0.4, 0.5) is 0 Å². The Bertz CT molecular complexity index is 6.00. The molecule has 0 aliphatic carbocycles. The minimum absolute atomic E-state index is 1.00. The Balaban J connectivity index is 0. The van der Waals surface area contributed by atoms with Crippen LogP contribution in [-0.4, -0.2) is 3.69 Å². The average molecular weight is 94.9 g/mol. The van der Waals surface area contributed by atoms with Gasteiger partial charge in [0.1, 0.15) is 0 Å². The quantitative estimate of drug-likeness (QED) is 0.433. The van der Waals surface area contributed by atoms with Crippen LogP contribution < -0.4 is 0 Å². The Labute approximate surface area is 38.9 Å². The van der Waals surface area contributed by atoms with E-state index in [1.165, 1.54) is 0 Å². The Morgan fingerprint density at radius 3 is 1.25 bits per heavy atom. The molecule has 0 bridgehead atoms. The first-order valence-electron chi connectivity index (χ1n) is 1.22. The summed E-state index contributed by atoms with van der Waals surface area (Å²) in [5, 5.41) is 0. The molecule has 0 spiro atoms. The van der Waals surface area contributed by atoms with Crippen LogP contribution in [0.1, 0.15) is 13.8 Å². The van der Waals surface area contributed by atoms with Gasteiger partial charge in [-0.25, -0.2) is 0 Å². The standard InChI is InChI=1S/C2H6.H2O.Ti/c1-2;;/h1-2H3;1H2;/q;;+1/p-1. The van der Waals surface area contributed by atoms with Gasteiger partial charge in [-0.2, -0.15) is 0 Å². The molecule has 1 nitrogen and oxygen atoms in total. The third-order valence-corrected chi connectivity index (χ3v) is 0. The molecule has 25 valence electrons. The summed E-state index contributed by atoms with van der Waals surface area (Å²) < 4.78 is 7.00. The van der Waals surface area contributed by atoms with Crippen molar-refractivity contribution in [2.45, 2.75) is 13.8 Å². The zero-order chi connectivity index (χ0) is 4.00. The van der Waals surface area contributed by atoms with Crippen molar-refractivity contribution < 1.29 is 24.5 Å². The van der Waals surface area contributed by atoms with E-state index in [1.54, 1.807) is 0 Å². The van der Waals surface area contributed by atoms with Crippen molar-refractivity contribution in [3.8, 4) is 0 Å². The van der Waals surface area contributed by atoms with Gasteiger partial charge >= 0.3 is 24.5 Å². The van der Waals surface area contributed by atoms with E-state index in [2.05, 4.69) is 0 Å². The summed E-state index contributed by atoms with van der Waals surface area (Å²) in [6.07, 6.45) is 0. The van der Waals surface area contributed by atoms with Crippen molar-refractivity contribution in [3.63, 3.8) is 0 Å². The molecule has 0 aromatic heterocycles. The molecule has 0 unspecified atom stereocenters. The Morgan fingerprint density at radius 2 is 1.25 bits per heavy atom. The van der Waals surface area contributed by atoms with Gasteiger partial charge in [-0.15, -0.1) is 0 Å². The monoisotopic (exact) mass is 95.0 g/mol. The zero-order valence-corrected chi connectivity index (χ0v) is 4.51. The van der Waals surface area contributed by atoms with E-state index in [4.69, 9.17) is 3.69 Å². The molecule has 0 radical (unpaired) electrons. The van der Waals surface area contributed by atoms with Crippen molar-refractivity contribution in [1.29, 1.82) is 0 Å². The van der Waals surface area contributed by atoms with E-state index in [9.17, 15) is 0 Å². The SMILES string of the molecule is CC.[OH][Ti]. The molecule has 0 aromatic carbocycles. The molecule has 1 N–H and O–H groups in total. The van der Waals surface area contributed by atoms with Gasteiger partial charge in [0.25, 0.3) is 0 Å². The van der Waals surface area contributed by atoms with E-state index >= 15 is 0 Å². The molecule has 2 heteroatoms. The first-order valence-corrected chi connectivity index (χ1v) is 1.92. The maximum atomic E-state index is 7.00.